The van der Waals surface area contributed by atoms with E-state index in [1.165, 1.54) is 26.2 Å². The number of nitrogens with two attached hydrogens (primary N) is 1. The number of hydrogen-bond donors (Lipinski definition) is 1. The van der Waals surface area contributed by atoms with E-state index in [9.17, 15) is 28.8 Å². The molecule has 42 heavy (non-hydrogen) atoms. The standard InChI is InChI=1S/C14H23NO5.C8H17NO2.C7H10O4/c1-6-10(13(18)20-14(2,3)4)15-8-9(7-11(15)16)12(17)19-5;1-5-6(9)7(10)11-8(2,3)4;1-5(7(9)11-3)4-6(8)10-2/h9-10H,6-8H2,1-5H3;6H,5,9H2,1-4H3;1,4H2,2-3H3/t9?,10-;6-;/m00./s1. The van der Waals surface area contributed by atoms with E-state index in [1.54, 1.807) is 20.8 Å². The number of likely N-dealkylation sites (tertiary alicyclic amines) is 1. The van der Waals surface area contributed by atoms with Crippen molar-refractivity contribution in [2.75, 3.05) is 27.9 Å². The summed E-state index contributed by atoms with van der Waals surface area (Å²) in [5, 5.41) is 0. The van der Waals surface area contributed by atoms with Crippen LogP contribution in [0.2, 0.25) is 0 Å². The maximum absolute atomic E-state index is 12.1. The van der Waals surface area contributed by atoms with Crippen molar-refractivity contribution in [3.05, 3.63) is 12.2 Å². The van der Waals surface area contributed by atoms with E-state index in [1.807, 2.05) is 34.6 Å². The number of amides is 1. The molecule has 13 nitrogen and oxygen atoms in total. The predicted octanol–water partition coefficient (Wildman–Crippen LogP) is 2.47. The summed E-state index contributed by atoms with van der Waals surface area (Å²) in [5.41, 5.74) is 4.52. The van der Waals surface area contributed by atoms with Crippen LogP contribution < -0.4 is 5.73 Å². The number of carbonyl (C=O) groups excluding carboxylic acids is 6. The monoisotopic (exact) mass is 602 g/mol. The maximum Gasteiger partial charge on any atom is 0.333 e. The van der Waals surface area contributed by atoms with Gasteiger partial charge in [0.2, 0.25) is 5.91 Å². The highest BCUT2D eigenvalue weighted by Gasteiger charge is 2.41. The van der Waals surface area contributed by atoms with Crippen LogP contribution in [-0.2, 0) is 52.5 Å². The maximum atomic E-state index is 12.1. The molecule has 0 bridgehead atoms. The normalized spacial score (nSPS) is 15.9. The molecule has 1 fully saturated rings. The Hall–Kier alpha value is -3.48. The molecule has 0 spiro atoms. The fourth-order valence-corrected chi connectivity index (χ4v) is 3.25. The van der Waals surface area contributed by atoms with Gasteiger partial charge in [-0.3, -0.25) is 19.2 Å². The van der Waals surface area contributed by atoms with Gasteiger partial charge in [-0.05, 0) is 54.4 Å². The minimum atomic E-state index is -0.642. The molecule has 1 heterocycles. The Balaban J connectivity index is 0. The van der Waals surface area contributed by atoms with Gasteiger partial charge in [-0.2, -0.15) is 0 Å². The average molecular weight is 603 g/mol. The first-order valence-electron chi connectivity index (χ1n) is 13.6. The lowest BCUT2D eigenvalue weighted by Gasteiger charge is -2.29. The average Bonchev–Trinajstić information content (AvgIpc) is 3.27. The zero-order valence-electron chi connectivity index (χ0n) is 27.0. The summed E-state index contributed by atoms with van der Waals surface area (Å²) in [6.07, 6.45) is 1.04. The molecule has 0 aromatic heterocycles. The van der Waals surface area contributed by atoms with E-state index in [0.717, 1.165) is 0 Å². The third kappa shape index (κ3) is 16.7. The third-order valence-electron chi connectivity index (χ3n) is 5.34. The molecule has 0 aromatic carbocycles. The summed E-state index contributed by atoms with van der Waals surface area (Å²) in [6, 6.07) is -1.12. The zero-order valence-corrected chi connectivity index (χ0v) is 27.0. The molecule has 13 heteroatoms. The summed E-state index contributed by atoms with van der Waals surface area (Å²) >= 11 is 0. The smallest absolute Gasteiger partial charge is 0.333 e. The van der Waals surface area contributed by atoms with Gasteiger partial charge < -0.3 is 34.3 Å². The summed E-state index contributed by atoms with van der Waals surface area (Å²) < 4.78 is 23.6. The van der Waals surface area contributed by atoms with Gasteiger partial charge in [-0.25, -0.2) is 9.59 Å². The number of carbonyl (C=O) groups is 6. The van der Waals surface area contributed by atoms with Gasteiger partial charge in [-0.15, -0.1) is 0 Å². The van der Waals surface area contributed by atoms with E-state index >= 15 is 0 Å². The first-order valence-corrected chi connectivity index (χ1v) is 13.6. The van der Waals surface area contributed by atoms with Gasteiger partial charge in [0.05, 0.1) is 33.7 Å². The van der Waals surface area contributed by atoms with E-state index in [-0.39, 0.29) is 36.8 Å². The van der Waals surface area contributed by atoms with Gasteiger partial charge in [-0.1, -0.05) is 20.4 Å². The van der Waals surface area contributed by atoms with Crippen molar-refractivity contribution >= 4 is 35.8 Å². The van der Waals surface area contributed by atoms with Gasteiger partial charge in [0, 0.05) is 18.5 Å². The van der Waals surface area contributed by atoms with Crippen molar-refractivity contribution < 1.29 is 52.5 Å². The summed E-state index contributed by atoms with van der Waals surface area (Å²) in [5.74, 6) is -2.96. The molecule has 2 N–H and O–H groups in total. The second-order valence-electron chi connectivity index (χ2n) is 11.3. The number of nitrogens with zero attached hydrogens (tertiary/aromatic N) is 1. The number of ether oxygens (including phenoxy) is 5. The molecule has 1 aliphatic rings. The number of esters is 5. The Morgan fingerprint density at radius 1 is 0.881 bits per heavy atom. The first kappa shape index (κ1) is 40.7. The highest BCUT2D eigenvalue weighted by atomic mass is 16.6. The molecule has 1 amide bonds. The highest BCUT2D eigenvalue weighted by Crippen LogP contribution is 2.24. The third-order valence-corrected chi connectivity index (χ3v) is 5.34. The Morgan fingerprint density at radius 3 is 1.76 bits per heavy atom. The quantitative estimate of drug-likeness (QED) is 0.232. The topological polar surface area (TPSA) is 178 Å². The van der Waals surface area contributed by atoms with Gasteiger partial charge in [0.1, 0.15) is 23.3 Å². The molecule has 0 aliphatic carbocycles. The molecule has 0 aromatic rings. The Bertz CT molecular complexity index is 948. The van der Waals surface area contributed by atoms with Crippen LogP contribution >= 0.6 is 0 Å². The van der Waals surface area contributed by atoms with E-state index < -0.39 is 53.1 Å². The molecular weight excluding hydrogens is 552 g/mol. The molecule has 0 saturated carbocycles. The number of rotatable bonds is 9. The molecular formula is C29H50N2O11. The lowest BCUT2D eigenvalue weighted by molar-refractivity contribution is -0.164. The van der Waals surface area contributed by atoms with Crippen LogP contribution in [0.25, 0.3) is 0 Å². The van der Waals surface area contributed by atoms with Crippen LogP contribution in [-0.4, -0.2) is 91.8 Å². The Kier molecular flexibility index (Phi) is 18.3. The van der Waals surface area contributed by atoms with Crippen LogP contribution in [0.4, 0.5) is 0 Å². The molecule has 1 unspecified atom stereocenters. The first-order chi connectivity index (χ1) is 19.2. The Labute approximate surface area is 249 Å². The van der Waals surface area contributed by atoms with Crippen LogP contribution in [0.5, 0.6) is 0 Å². The lowest BCUT2D eigenvalue weighted by atomic mass is 10.1. The van der Waals surface area contributed by atoms with E-state index in [4.69, 9.17) is 15.2 Å². The fraction of sp³-hybridized carbons (Fsp3) is 0.724. The molecule has 1 saturated heterocycles. The summed E-state index contributed by atoms with van der Waals surface area (Å²) in [4.78, 5) is 69.3. The van der Waals surface area contributed by atoms with Crippen molar-refractivity contribution in [1.29, 1.82) is 0 Å². The van der Waals surface area contributed by atoms with Crippen molar-refractivity contribution in [3.8, 4) is 0 Å². The number of methoxy groups -OCH3 is 3. The van der Waals surface area contributed by atoms with Crippen molar-refractivity contribution in [2.45, 2.75) is 104 Å². The van der Waals surface area contributed by atoms with Gasteiger partial charge in [0.15, 0.2) is 0 Å². The van der Waals surface area contributed by atoms with E-state index in [0.29, 0.717) is 12.8 Å². The summed E-state index contributed by atoms with van der Waals surface area (Å²) in [7, 11) is 3.76. The van der Waals surface area contributed by atoms with E-state index in [2.05, 4.69) is 20.8 Å². The molecule has 0 radical (unpaired) electrons. The predicted molar refractivity (Wildman–Crippen MR) is 154 cm³/mol. The second kappa shape index (κ2) is 18.9. The van der Waals surface area contributed by atoms with Gasteiger partial charge >= 0.3 is 29.8 Å². The zero-order chi connectivity index (χ0) is 33.4. The van der Waals surface area contributed by atoms with Gasteiger partial charge in [0.25, 0.3) is 0 Å². The van der Waals surface area contributed by atoms with Crippen LogP contribution in [0, 0.1) is 5.92 Å². The second-order valence-corrected chi connectivity index (χ2v) is 11.3. The lowest BCUT2D eigenvalue weighted by Crippen LogP contribution is -2.45. The highest BCUT2D eigenvalue weighted by molar-refractivity contribution is 5.93. The van der Waals surface area contributed by atoms with Crippen LogP contribution in [0.3, 0.4) is 0 Å². The minimum Gasteiger partial charge on any atom is -0.469 e. The summed E-state index contributed by atoms with van der Waals surface area (Å²) in [6.45, 7) is 18.0. The minimum absolute atomic E-state index is 0.0893. The molecule has 242 valence electrons. The molecule has 3 atom stereocenters. The largest absolute Gasteiger partial charge is 0.469 e. The van der Waals surface area contributed by atoms with Crippen LogP contribution in [0.15, 0.2) is 12.2 Å². The Morgan fingerprint density at radius 2 is 1.38 bits per heavy atom. The van der Waals surface area contributed by atoms with Crippen molar-refractivity contribution in [3.63, 3.8) is 0 Å². The fourth-order valence-electron chi connectivity index (χ4n) is 3.25. The van der Waals surface area contributed by atoms with Crippen molar-refractivity contribution in [2.24, 2.45) is 11.7 Å². The van der Waals surface area contributed by atoms with Crippen molar-refractivity contribution in [1.82, 2.24) is 4.90 Å². The molecule has 1 aliphatic heterocycles. The van der Waals surface area contributed by atoms with Crippen LogP contribution in [0.1, 0.15) is 81.1 Å². The number of hydrogen-bond acceptors (Lipinski definition) is 12. The molecule has 1 rings (SSSR count). The SMILES string of the molecule is C=C(CC(=O)OC)C(=O)OC.CC[C@@H](C(=O)OC(C)(C)C)N1CC(C(=O)OC)CC1=O.CC[C@H](N)C(=O)OC(C)(C)C.